The molecule has 3 aromatic rings. The van der Waals surface area contributed by atoms with Crippen molar-refractivity contribution in [3.05, 3.63) is 81.6 Å². The Morgan fingerprint density at radius 1 is 1.29 bits per heavy atom. The molecule has 0 bridgehead atoms. The molecule has 1 saturated heterocycles. The van der Waals surface area contributed by atoms with E-state index in [1.807, 2.05) is 42.1 Å². The van der Waals surface area contributed by atoms with E-state index in [4.69, 9.17) is 16.3 Å². The van der Waals surface area contributed by atoms with Gasteiger partial charge in [0.2, 0.25) is 0 Å². The van der Waals surface area contributed by atoms with E-state index in [1.165, 1.54) is 0 Å². The molecule has 1 N–H and O–H groups in total. The summed E-state index contributed by atoms with van der Waals surface area (Å²) in [5.74, 6) is -0.0817. The van der Waals surface area contributed by atoms with Gasteiger partial charge in [-0.25, -0.2) is 4.68 Å². The Morgan fingerprint density at radius 2 is 2.10 bits per heavy atom. The summed E-state index contributed by atoms with van der Waals surface area (Å²) in [5.41, 5.74) is 5.64. The highest BCUT2D eigenvalue weighted by Gasteiger charge is 2.39. The number of carbonyl (C=O) groups is 1. The van der Waals surface area contributed by atoms with Crippen molar-refractivity contribution >= 4 is 17.5 Å². The molecule has 2 unspecified atom stereocenters. The molecule has 5 rings (SSSR count). The molecule has 3 heterocycles. The quantitative estimate of drug-likeness (QED) is 0.678. The number of fused-ring (bicyclic) bond motifs is 1. The zero-order valence-electron chi connectivity index (χ0n) is 17.3. The van der Waals surface area contributed by atoms with Crippen LogP contribution in [0.2, 0.25) is 5.02 Å². The maximum Gasteiger partial charge on any atom is 0.254 e. The smallest absolute Gasteiger partial charge is 0.254 e. The van der Waals surface area contributed by atoms with Crippen LogP contribution in [0.4, 0.5) is 0 Å². The molecule has 2 atom stereocenters. The Balaban J connectivity index is 1.41. The van der Waals surface area contributed by atoms with Crippen LogP contribution in [0.25, 0.3) is 5.69 Å². The zero-order chi connectivity index (χ0) is 21.5. The average molecular weight is 438 g/mol. The molecule has 2 aliphatic rings. The monoisotopic (exact) mass is 437 g/mol. The fourth-order valence-corrected chi connectivity index (χ4v) is 4.75. The highest BCUT2D eigenvalue weighted by Crippen LogP contribution is 2.36. The molecule has 1 aromatic heterocycles. The van der Waals surface area contributed by atoms with E-state index in [-0.39, 0.29) is 11.9 Å². The lowest BCUT2D eigenvalue weighted by atomic mass is 9.95. The van der Waals surface area contributed by atoms with Gasteiger partial charge in [0, 0.05) is 41.7 Å². The van der Waals surface area contributed by atoms with Crippen molar-refractivity contribution in [1.82, 2.24) is 14.7 Å². The number of hydrogen-bond acceptors (Lipinski definition) is 4. The molecule has 1 amide bonds. The van der Waals surface area contributed by atoms with E-state index in [9.17, 15) is 9.90 Å². The first-order valence-corrected chi connectivity index (χ1v) is 10.9. The standard InChI is InChI=1S/C24H24ClN3O3/c1-15-17(11-16-3-5-18(6-4-16)28-9-2-8-26-28)12-19-20(23(15)25)13-27(24(19)30)21-14-31-10-7-22(21)29/h2-6,8-9,12,21-22,29H,7,10-11,13-14H2,1H3. The summed E-state index contributed by atoms with van der Waals surface area (Å²) in [6.07, 6.45) is 4.31. The Labute approximate surface area is 186 Å². The van der Waals surface area contributed by atoms with E-state index in [0.717, 1.165) is 27.9 Å². The number of aliphatic hydroxyl groups excluding tert-OH is 1. The molecule has 31 heavy (non-hydrogen) atoms. The van der Waals surface area contributed by atoms with Gasteiger partial charge in [0.05, 0.1) is 24.4 Å². The normalized spacial score (nSPS) is 20.9. The van der Waals surface area contributed by atoms with Crippen molar-refractivity contribution in [3.8, 4) is 5.69 Å². The van der Waals surface area contributed by atoms with Crippen molar-refractivity contribution < 1.29 is 14.6 Å². The molecular weight excluding hydrogens is 414 g/mol. The summed E-state index contributed by atoms with van der Waals surface area (Å²) < 4.78 is 7.33. The number of halogens is 1. The largest absolute Gasteiger partial charge is 0.391 e. The third-order valence-corrected chi connectivity index (χ3v) is 6.84. The predicted octanol–water partition coefficient (Wildman–Crippen LogP) is 3.53. The van der Waals surface area contributed by atoms with Gasteiger partial charge in [0.15, 0.2) is 0 Å². The summed E-state index contributed by atoms with van der Waals surface area (Å²) in [4.78, 5) is 14.9. The predicted molar refractivity (Wildman–Crippen MR) is 118 cm³/mol. The van der Waals surface area contributed by atoms with Crippen LogP contribution in [0.15, 0.2) is 48.8 Å². The highest BCUT2D eigenvalue weighted by molar-refractivity contribution is 6.33. The van der Waals surface area contributed by atoms with Crippen LogP contribution < -0.4 is 0 Å². The van der Waals surface area contributed by atoms with Crippen molar-refractivity contribution in [1.29, 1.82) is 0 Å². The molecule has 0 aliphatic carbocycles. The Kier molecular flexibility index (Phi) is 5.30. The maximum absolute atomic E-state index is 13.2. The van der Waals surface area contributed by atoms with Crippen LogP contribution in [-0.4, -0.2) is 51.1 Å². The molecular formula is C24H24ClN3O3. The van der Waals surface area contributed by atoms with E-state index in [0.29, 0.717) is 43.2 Å². The van der Waals surface area contributed by atoms with Crippen LogP contribution in [0.1, 0.15) is 39.0 Å². The Hall–Kier alpha value is -2.67. The minimum Gasteiger partial charge on any atom is -0.391 e. The van der Waals surface area contributed by atoms with Gasteiger partial charge in [-0.2, -0.15) is 5.10 Å². The van der Waals surface area contributed by atoms with E-state index < -0.39 is 6.10 Å². The van der Waals surface area contributed by atoms with Crippen LogP contribution >= 0.6 is 11.6 Å². The van der Waals surface area contributed by atoms with Crippen molar-refractivity contribution in [3.63, 3.8) is 0 Å². The molecule has 1 fully saturated rings. The zero-order valence-corrected chi connectivity index (χ0v) is 18.0. The maximum atomic E-state index is 13.2. The number of hydrogen-bond donors (Lipinski definition) is 1. The SMILES string of the molecule is Cc1c(Cc2ccc(-n3cccn3)cc2)cc2c(c1Cl)CN(C1COCCC1O)C2=O. The lowest BCUT2D eigenvalue weighted by Crippen LogP contribution is -2.49. The number of aromatic nitrogens is 2. The van der Waals surface area contributed by atoms with Crippen molar-refractivity contribution in [2.45, 2.75) is 38.5 Å². The summed E-state index contributed by atoms with van der Waals surface area (Å²) in [6, 6.07) is 11.7. The first-order valence-electron chi connectivity index (χ1n) is 10.5. The number of nitrogens with zero attached hydrogens (tertiary/aromatic N) is 3. The molecule has 2 aliphatic heterocycles. The van der Waals surface area contributed by atoms with E-state index in [1.54, 1.807) is 11.1 Å². The van der Waals surface area contributed by atoms with Gasteiger partial charge >= 0.3 is 0 Å². The summed E-state index contributed by atoms with van der Waals surface area (Å²) in [6.45, 7) is 3.29. The van der Waals surface area contributed by atoms with Gasteiger partial charge in [-0.05, 0) is 60.7 Å². The first-order chi connectivity index (χ1) is 15.0. The number of ether oxygens (including phenoxy) is 1. The minimum atomic E-state index is -0.570. The molecule has 0 spiro atoms. The lowest BCUT2D eigenvalue weighted by molar-refractivity contribution is -0.0528. The molecule has 0 radical (unpaired) electrons. The molecule has 2 aromatic carbocycles. The van der Waals surface area contributed by atoms with Gasteiger partial charge in [-0.1, -0.05) is 23.7 Å². The second kappa shape index (κ2) is 8.11. The Bertz CT molecular complexity index is 1110. The third-order valence-electron chi connectivity index (χ3n) is 6.33. The number of benzene rings is 2. The van der Waals surface area contributed by atoms with Gasteiger partial charge < -0.3 is 14.7 Å². The molecule has 0 saturated carbocycles. The topological polar surface area (TPSA) is 67.6 Å². The fraction of sp³-hybridized carbons (Fsp3) is 0.333. The van der Waals surface area contributed by atoms with Crippen LogP contribution in [-0.2, 0) is 17.7 Å². The first kappa shape index (κ1) is 20.2. The average Bonchev–Trinajstić information content (AvgIpc) is 3.42. The van der Waals surface area contributed by atoms with Crippen LogP contribution in [0, 0.1) is 6.92 Å². The molecule has 160 valence electrons. The third kappa shape index (κ3) is 3.65. The van der Waals surface area contributed by atoms with E-state index in [2.05, 4.69) is 17.2 Å². The Morgan fingerprint density at radius 3 is 2.81 bits per heavy atom. The summed E-state index contributed by atoms with van der Waals surface area (Å²) >= 11 is 6.72. The number of rotatable bonds is 4. The van der Waals surface area contributed by atoms with Gasteiger partial charge in [-0.15, -0.1) is 0 Å². The molecule has 7 heteroatoms. The number of carbonyl (C=O) groups excluding carboxylic acids is 1. The van der Waals surface area contributed by atoms with Crippen molar-refractivity contribution in [2.75, 3.05) is 13.2 Å². The minimum absolute atomic E-state index is 0.0817. The van der Waals surface area contributed by atoms with Gasteiger partial charge in [-0.3, -0.25) is 4.79 Å². The molecule has 6 nitrogen and oxygen atoms in total. The second-order valence-corrected chi connectivity index (χ2v) is 8.60. The summed E-state index contributed by atoms with van der Waals surface area (Å²) in [7, 11) is 0. The van der Waals surface area contributed by atoms with Crippen LogP contribution in [0.3, 0.4) is 0 Å². The van der Waals surface area contributed by atoms with Crippen LogP contribution in [0.5, 0.6) is 0 Å². The number of amides is 1. The van der Waals surface area contributed by atoms with Gasteiger partial charge in [0.1, 0.15) is 0 Å². The second-order valence-electron chi connectivity index (χ2n) is 8.23. The van der Waals surface area contributed by atoms with Crippen molar-refractivity contribution in [2.24, 2.45) is 0 Å². The van der Waals surface area contributed by atoms with Gasteiger partial charge in [0.25, 0.3) is 5.91 Å². The lowest BCUT2D eigenvalue weighted by Gasteiger charge is -2.34. The fourth-order valence-electron chi connectivity index (χ4n) is 4.47. The summed E-state index contributed by atoms with van der Waals surface area (Å²) in [5, 5.41) is 15.3. The highest BCUT2D eigenvalue weighted by atomic mass is 35.5. The van der Waals surface area contributed by atoms with E-state index >= 15 is 0 Å². The number of aliphatic hydroxyl groups is 1.